The first kappa shape index (κ1) is 62.6. The molecule has 1 aliphatic heterocycles. The summed E-state index contributed by atoms with van der Waals surface area (Å²) >= 11 is 0. The summed E-state index contributed by atoms with van der Waals surface area (Å²) in [6.07, 6.45) is 47.5. The van der Waals surface area contributed by atoms with Gasteiger partial charge in [0, 0.05) is 6.42 Å². The summed E-state index contributed by atoms with van der Waals surface area (Å²) < 4.78 is 17.4. The zero-order valence-corrected chi connectivity index (χ0v) is 42.4. The average Bonchev–Trinajstić information content (AvgIpc) is 3.33. The van der Waals surface area contributed by atoms with E-state index >= 15 is 0 Å². The van der Waals surface area contributed by atoms with Gasteiger partial charge >= 0.3 is 5.97 Å². The van der Waals surface area contributed by atoms with Crippen molar-refractivity contribution >= 4 is 11.9 Å². The van der Waals surface area contributed by atoms with Crippen LogP contribution in [0.4, 0.5) is 0 Å². The third kappa shape index (κ3) is 33.2. The molecular weight excluding hydrogens is 859 g/mol. The first-order valence-electron chi connectivity index (χ1n) is 26.6. The number of unbranched alkanes of at least 4 members (excludes halogenated alkanes) is 19. The number of allylic oxidation sites excluding steroid dienone is 15. The molecule has 11 heteroatoms. The van der Waals surface area contributed by atoms with Gasteiger partial charge in [0.1, 0.15) is 24.4 Å². The van der Waals surface area contributed by atoms with Gasteiger partial charge in [-0.1, -0.05) is 214 Å². The molecule has 11 nitrogen and oxygen atoms in total. The minimum Gasteiger partial charge on any atom is -0.454 e. The second-order valence-corrected chi connectivity index (χ2v) is 18.0. The number of hydrogen-bond donors (Lipinski definition) is 6. The molecule has 0 saturated carbocycles. The fourth-order valence-electron chi connectivity index (χ4n) is 7.61. The van der Waals surface area contributed by atoms with Crippen molar-refractivity contribution in [1.82, 2.24) is 5.32 Å². The Bertz CT molecular complexity index is 1470. The Labute approximate surface area is 412 Å². The Morgan fingerprint density at radius 3 is 1.63 bits per heavy atom. The fourth-order valence-corrected chi connectivity index (χ4v) is 7.61. The van der Waals surface area contributed by atoms with E-state index in [1.807, 2.05) is 60.8 Å². The molecule has 0 aromatic heterocycles. The summed E-state index contributed by atoms with van der Waals surface area (Å²) in [6, 6.07) is -1.05. The summed E-state index contributed by atoms with van der Waals surface area (Å²) in [5.41, 5.74) is 0. The summed E-state index contributed by atoms with van der Waals surface area (Å²) in [4.78, 5) is 26.3. The molecule has 1 saturated heterocycles. The SMILES string of the molecule is CC/C=C/C=C/C=C\C=C/C=C/CCCC(=O)OC1C(OCC(NC(=O)C(O)CCCCCCC/C=C/C=C/CCCCC)C(O)/C=C/CCCCCCCCCCCC)OC(CO)C(O)C1O. The standard InChI is InChI=1S/C57H95NO10/c1-4-7-10-13-16-19-22-25-27-29-32-35-38-41-44-50(61)56(65)58-48(49(60)43-40-37-34-31-28-24-21-18-15-12-9-6-3)47-66-57-55(54(64)53(63)51(46-59)67-57)68-52(62)45-42-39-36-33-30-26-23-20-17-14-11-8-5-2/h8,11,14,16-17,19-20,22-23,25-26,30,33,36,40,43,48-51,53-55,57,59-61,63-64H,4-7,9-10,12-13,15,18,21,24,27-29,31-32,34-35,37-39,41-42,44-47H2,1-3H3,(H,58,65)/b11-8+,17-14+,19-16+,23-20-,25-22+,30-26-,36-33+,43-40+. The van der Waals surface area contributed by atoms with Gasteiger partial charge in [-0.15, -0.1) is 0 Å². The molecule has 0 radical (unpaired) electrons. The number of nitrogens with one attached hydrogen (secondary N) is 1. The summed E-state index contributed by atoms with van der Waals surface area (Å²) in [5.74, 6) is -1.30. The summed E-state index contributed by atoms with van der Waals surface area (Å²) in [7, 11) is 0. The zero-order chi connectivity index (χ0) is 49.7. The van der Waals surface area contributed by atoms with Crippen molar-refractivity contribution in [2.45, 2.75) is 237 Å². The van der Waals surface area contributed by atoms with E-state index in [0.29, 0.717) is 19.3 Å². The van der Waals surface area contributed by atoms with Crippen LogP contribution in [-0.4, -0.2) is 99.6 Å². The molecule has 0 aliphatic carbocycles. The molecule has 1 rings (SSSR count). The number of carbonyl (C=O) groups excluding carboxylic acids is 2. The Kier molecular flexibility index (Phi) is 41.2. The lowest BCUT2D eigenvalue weighted by Gasteiger charge is -2.41. The molecular formula is C57H95NO10. The highest BCUT2D eigenvalue weighted by Gasteiger charge is 2.47. The van der Waals surface area contributed by atoms with Crippen molar-refractivity contribution in [3.8, 4) is 0 Å². The van der Waals surface area contributed by atoms with Crippen LogP contribution in [-0.2, 0) is 23.8 Å². The van der Waals surface area contributed by atoms with E-state index in [1.165, 1.54) is 64.2 Å². The molecule has 0 aromatic rings. The first-order valence-corrected chi connectivity index (χ1v) is 26.6. The molecule has 8 unspecified atom stereocenters. The monoisotopic (exact) mass is 954 g/mol. The van der Waals surface area contributed by atoms with Crippen LogP contribution < -0.4 is 5.32 Å². The highest BCUT2D eigenvalue weighted by molar-refractivity contribution is 5.80. The Morgan fingerprint density at radius 2 is 1.06 bits per heavy atom. The normalized spacial score (nSPS) is 20.7. The fraction of sp³-hybridized carbons (Fsp3) is 0.684. The molecule has 388 valence electrons. The van der Waals surface area contributed by atoms with Gasteiger partial charge in [-0.3, -0.25) is 9.59 Å². The van der Waals surface area contributed by atoms with E-state index in [2.05, 4.69) is 56.5 Å². The maximum Gasteiger partial charge on any atom is 0.306 e. The Balaban J connectivity index is 2.84. The van der Waals surface area contributed by atoms with E-state index in [1.54, 1.807) is 6.08 Å². The van der Waals surface area contributed by atoms with Gasteiger partial charge in [0.15, 0.2) is 12.4 Å². The quantitative estimate of drug-likeness (QED) is 0.0150. The molecule has 8 atom stereocenters. The van der Waals surface area contributed by atoms with Gasteiger partial charge in [0.05, 0.1) is 25.4 Å². The Morgan fingerprint density at radius 1 is 0.588 bits per heavy atom. The number of amides is 1. The number of rotatable bonds is 42. The average molecular weight is 954 g/mol. The lowest BCUT2D eigenvalue weighted by molar-refractivity contribution is -0.305. The zero-order valence-electron chi connectivity index (χ0n) is 42.4. The van der Waals surface area contributed by atoms with Crippen molar-refractivity contribution in [2.24, 2.45) is 0 Å². The van der Waals surface area contributed by atoms with E-state index in [0.717, 1.165) is 70.6 Å². The highest BCUT2D eigenvalue weighted by atomic mass is 16.7. The van der Waals surface area contributed by atoms with Gasteiger partial charge in [-0.25, -0.2) is 0 Å². The number of carbonyl (C=O) groups is 2. The van der Waals surface area contributed by atoms with Crippen LogP contribution in [0.15, 0.2) is 97.2 Å². The van der Waals surface area contributed by atoms with Crippen LogP contribution in [0.3, 0.4) is 0 Å². The van der Waals surface area contributed by atoms with Crippen LogP contribution in [0.25, 0.3) is 0 Å². The lowest BCUT2D eigenvalue weighted by atomic mass is 9.99. The molecule has 68 heavy (non-hydrogen) atoms. The maximum atomic E-state index is 13.3. The molecule has 6 N–H and O–H groups in total. The van der Waals surface area contributed by atoms with Gasteiger partial charge in [0.2, 0.25) is 5.91 Å². The summed E-state index contributed by atoms with van der Waals surface area (Å²) in [5, 5.41) is 56.6. The predicted octanol–water partition coefficient (Wildman–Crippen LogP) is 11.2. The smallest absolute Gasteiger partial charge is 0.306 e. The molecule has 1 aliphatic rings. The van der Waals surface area contributed by atoms with Crippen molar-refractivity contribution in [2.75, 3.05) is 13.2 Å². The van der Waals surface area contributed by atoms with Gasteiger partial charge < -0.3 is 45.1 Å². The van der Waals surface area contributed by atoms with Crippen LogP contribution in [0.5, 0.6) is 0 Å². The van der Waals surface area contributed by atoms with E-state index in [9.17, 15) is 35.1 Å². The van der Waals surface area contributed by atoms with Gasteiger partial charge in [-0.2, -0.15) is 0 Å². The van der Waals surface area contributed by atoms with Crippen LogP contribution in [0.1, 0.15) is 188 Å². The van der Waals surface area contributed by atoms with E-state index < -0.39 is 67.4 Å². The lowest BCUT2D eigenvalue weighted by Crippen LogP contribution is -2.61. The van der Waals surface area contributed by atoms with Gasteiger partial charge in [0.25, 0.3) is 0 Å². The number of ether oxygens (including phenoxy) is 3. The third-order valence-corrected chi connectivity index (χ3v) is 11.9. The maximum absolute atomic E-state index is 13.3. The predicted molar refractivity (Wildman–Crippen MR) is 278 cm³/mol. The minimum atomic E-state index is -1.65. The molecule has 1 heterocycles. The van der Waals surface area contributed by atoms with Crippen molar-refractivity contribution in [3.05, 3.63) is 97.2 Å². The molecule has 0 bridgehead atoms. The summed E-state index contributed by atoms with van der Waals surface area (Å²) in [6.45, 7) is 5.52. The van der Waals surface area contributed by atoms with Crippen LogP contribution >= 0.6 is 0 Å². The van der Waals surface area contributed by atoms with Crippen LogP contribution in [0, 0.1) is 0 Å². The number of aliphatic hydroxyl groups excluding tert-OH is 5. The number of esters is 1. The Hall–Kier alpha value is -3.42. The molecule has 1 fully saturated rings. The van der Waals surface area contributed by atoms with Crippen molar-refractivity contribution in [3.63, 3.8) is 0 Å². The van der Waals surface area contributed by atoms with Gasteiger partial charge in [-0.05, 0) is 64.2 Å². The van der Waals surface area contributed by atoms with E-state index in [4.69, 9.17) is 14.2 Å². The first-order chi connectivity index (χ1) is 33.2. The number of aliphatic hydroxyl groups is 5. The molecule has 0 aromatic carbocycles. The molecule has 1 amide bonds. The topological polar surface area (TPSA) is 175 Å². The van der Waals surface area contributed by atoms with Crippen LogP contribution in [0.2, 0.25) is 0 Å². The van der Waals surface area contributed by atoms with Crippen molar-refractivity contribution < 1.29 is 49.3 Å². The largest absolute Gasteiger partial charge is 0.454 e. The molecule has 0 spiro atoms. The van der Waals surface area contributed by atoms with Crippen molar-refractivity contribution in [1.29, 1.82) is 0 Å². The third-order valence-electron chi connectivity index (χ3n) is 11.9. The van der Waals surface area contributed by atoms with E-state index in [-0.39, 0.29) is 19.4 Å². The number of hydrogen-bond acceptors (Lipinski definition) is 10. The minimum absolute atomic E-state index is 0.0209. The second-order valence-electron chi connectivity index (χ2n) is 18.0. The second kappa shape index (κ2) is 44.8. The highest BCUT2D eigenvalue weighted by Crippen LogP contribution is 2.26.